The first-order chi connectivity index (χ1) is 29.4. The standard InChI is InChI=1S/C52H86O9Si/c1-34(2)62(35(3)4,36(5)6)58-33-40(10)50(54)41(11)47-22-19-20-45(56-14)32-37(7)24-25-38(8)46(57-15)31-26-39(9)51-42(12)48(21-17-16-18-23-49(53)59-47)60-52(61-51)43-27-29-44(55-13)30-28-43/h16-20,23,25,27-30,34-37,39-42,45-48,50-52,54H,21-22,24,26,31-33H2,1-15H3/b17-16-,20-19-,23-18-,38-25-/t37-,39-,40+,41-,42-,45+,46+,47+,48-,50+,51-,52+/m1/s1. The van der Waals surface area contributed by atoms with Crippen molar-refractivity contribution in [2.75, 3.05) is 27.9 Å². The van der Waals surface area contributed by atoms with Crippen molar-refractivity contribution < 1.29 is 42.7 Å². The summed E-state index contributed by atoms with van der Waals surface area (Å²) in [4.78, 5) is 13.5. The highest BCUT2D eigenvalue weighted by Gasteiger charge is 2.46. The number of hydrogen-bond acceptors (Lipinski definition) is 9. The van der Waals surface area contributed by atoms with Crippen molar-refractivity contribution in [3.63, 3.8) is 0 Å². The van der Waals surface area contributed by atoms with Crippen LogP contribution in [-0.2, 0) is 32.9 Å². The van der Waals surface area contributed by atoms with Crippen LogP contribution in [0.15, 0.2) is 72.4 Å². The molecule has 1 saturated heterocycles. The van der Waals surface area contributed by atoms with Gasteiger partial charge in [0.15, 0.2) is 14.6 Å². The number of cyclic esters (lactones) is 1. The molecule has 1 fully saturated rings. The fraction of sp³-hybridized carbons (Fsp3) is 0.712. The minimum absolute atomic E-state index is 0.0165. The summed E-state index contributed by atoms with van der Waals surface area (Å²) in [6.07, 6.45) is 16.2. The Kier molecular flexibility index (Phi) is 22.9. The first-order valence-electron chi connectivity index (χ1n) is 23.6. The number of fused-ring (bicyclic) bond motifs is 2. The number of benzene rings is 1. The fourth-order valence-corrected chi connectivity index (χ4v) is 15.5. The number of methoxy groups -OCH3 is 3. The molecule has 0 aliphatic carbocycles. The summed E-state index contributed by atoms with van der Waals surface area (Å²) >= 11 is 0. The molecule has 1 aromatic rings. The molecule has 352 valence electrons. The third kappa shape index (κ3) is 15.3. The zero-order valence-corrected chi connectivity index (χ0v) is 42.2. The summed E-state index contributed by atoms with van der Waals surface area (Å²) in [6, 6.07) is 7.88. The molecule has 1 aromatic carbocycles. The second kappa shape index (κ2) is 26.4. The molecule has 0 saturated carbocycles. The molecule has 62 heavy (non-hydrogen) atoms. The maximum absolute atomic E-state index is 13.5. The topological polar surface area (TPSA) is 102 Å². The third-order valence-electron chi connectivity index (χ3n) is 13.9. The Balaban J connectivity index is 1.92. The van der Waals surface area contributed by atoms with Gasteiger partial charge in [-0.05, 0) is 85.2 Å². The number of allylic oxidation sites excluding steroid dienone is 3. The molecular formula is C52H86O9Si. The molecule has 0 amide bonds. The lowest BCUT2D eigenvalue weighted by molar-refractivity contribution is -0.280. The first kappa shape index (κ1) is 53.8. The fourth-order valence-electron chi connectivity index (χ4n) is 9.97. The number of carbonyl (C=O) groups is 1. The monoisotopic (exact) mass is 883 g/mol. The molecule has 10 heteroatoms. The van der Waals surface area contributed by atoms with Crippen LogP contribution in [-0.4, -0.2) is 84.0 Å². The SMILES string of the molecule is COc1ccc([C@@H]2O[C@H]3[C@H](C)[C@@H](C/C=C\C=C/C(=O)O[C@H]([C@@H](C)[C@@H](O)[C@@H](C)CO[Si](C(C)C)(C(C)C)C(C)C)C/C=C\[C@H](OC)C[C@H](C)C/C=C(/C)[C@@H](OC)CC[C@H]3C)O2)cc1. The molecule has 0 spiro atoms. The molecule has 12 atom stereocenters. The zero-order chi connectivity index (χ0) is 46.1. The molecule has 0 radical (unpaired) electrons. The van der Waals surface area contributed by atoms with Gasteiger partial charge in [-0.15, -0.1) is 0 Å². The van der Waals surface area contributed by atoms with Gasteiger partial charge in [0, 0.05) is 56.6 Å². The van der Waals surface area contributed by atoms with E-state index in [0.717, 1.165) is 37.0 Å². The highest BCUT2D eigenvalue weighted by molar-refractivity contribution is 6.77. The molecule has 0 unspecified atom stereocenters. The van der Waals surface area contributed by atoms with Gasteiger partial charge >= 0.3 is 5.97 Å². The minimum atomic E-state index is -2.13. The highest BCUT2D eigenvalue weighted by atomic mass is 28.4. The molecule has 9 nitrogen and oxygen atoms in total. The minimum Gasteiger partial charge on any atom is -0.497 e. The first-order valence-corrected chi connectivity index (χ1v) is 25.7. The number of ether oxygens (including phenoxy) is 6. The summed E-state index contributed by atoms with van der Waals surface area (Å²) in [5.74, 6) is 0.555. The number of esters is 1. The zero-order valence-electron chi connectivity index (χ0n) is 41.2. The Hall–Kier alpha value is -2.57. The van der Waals surface area contributed by atoms with Crippen LogP contribution in [0, 0.1) is 29.6 Å². The Labute approximate surface area is 378 Å². The van der Waals surface area contributed by atoms with Crippen molar-refractivity contribution in [2.24, 2.45) is 29.6 Å². The van der Waals surface area contributed by atoms with Crippen molar-refractivity contribution in [1.82, 2.24) is 0 Å². The molecule has 3 rings (SSSR count). The number of hydrogen-bond donors (Lipinski definition) is 1. The number of rotatable bonds is 13. The maximum atomic E-state index is 13.5. The van der Waals surface area contributed by atoms with Crippen LogP contribution in [0.1, 0.15) is 133 Å². The van der Waals surface area contributed by atoms with Crippen LogP contribution >= 0.6 is 0 Å². The predicted molar refractivity (Wildman–Crippen MR) is 255 cm³/mol. The summed E-state index contributed by atoms with van der Waals surface area (Å²) in [7, 11) is 3.08. The second-order valence-electron chi connectivity index (χ2n) is 19.4. The van der Waals surface area contributed by atoms with Gasteiger partial charge in [0.1, 0.15) is 11.9 Å². The van der Waals surface area contributed by atoms with Crippen LogP contribution in [0.3, 0.4) is 0 Å². The van der Waals surface area contributed by atoms with E-state index in [1.54, 1.807) is 27.4 Å². The summed E-state index contributed by atoms with van der Waals surface area (Å²) < 4.78 is 43.9. The van der Waals surface area contributed by atoms with Gasteiger partial charge in [-0.2, -0.15) is 0 Å². The van der Waals surface area contributed by atoms with E-state index >= 15 is 0 Å². The van der Waals surface area contributed by atoms with Crippen LogP contribution in [0.4, 0.5) is 0 Å². The van der Waals surface area contributed by atoms with Gasteiger partial charge in [-0.3, -0.25) is 0 Å². The maximum Gasteiger partial charge on any atom is 0.331 e. The van der Waals surface area contributed by atoms with E-state index in [0.29, 0.717) is 42.0 Å². The Morgan fingerprint density at radius 1 is 0.823 bits per heavy atom. The van der Waals surface area contributed by atoms with Crippen molar-refractivity contribution >= 4 is 14.3 Å². The van der Waals surface area contributed by atoms with Gasteiger partial charge in [0.2, 0.25) is 0 Å². The smallest absolute Gasteiger partial charge is 0.331 e. The van der Waals surface area contributed by atoms with E-state index in [1.165, 1.54) is 11.6 Å². The lowest BCUT2D eigenvalue weighted by Gasteiger charge is -2.43. The van der Waals surface area contributed by atoms with Gasteiger partial charge in [-0.25, -0.2) is 4.79 Å². The second-order valence-corrected chi connectivity index (χ2v) is 24.9. The van der Waals surface area contributed by atoms with E-state index in [2.05, 4.69) is 81.4 Å². The normalized spacial score (nSPS) is 31.9. The molecular weight excluding hydrogens is 797 g/mol. The van der Waals surface area contributed by atoms with E-state index in [1.807, 2.05) is 56.3 Å². The molecule has 2 heterocycles. The van der Waals surface area contributed by atoms with E-state index in [-0.39, 0.29) is 48.1 Å². The van der Waals surface area contributed by atoms with Crippen LogP contribution in [0.5, 0.6) is 5.75 Å². The highest BCUT2D eigenvalue weighted by Crippen LogP contribution is 2.43. The van der Waals surface area contributed by atoms with E-state index in [4.69, 9.17) is 32.8 Å². The molecule has 1 N–H and O–H groups in total. The average Bonchev–Trinajstić information content (AvgIpc) is 3.24. The van der Waals surface area contributed by atoms with Gasteiger partial charge in [-0.1, -0.05) is 125 Å². The number of aliphatic hydroxyl groups is 1. The van der Waals surface area contributed by atoms with Gasteiger partial charge < -0.3 is 38.0 Å². The molecule has 0 aromatic heterocycles. The Morgan fingerprint density at radius 3 is 2.08 bits per heavy atom. The van der Waals surface area contributed by atoms with Gasteiger partial charge in [0.05, 0.1) is 37.6 Å². The van der Waals surface area contributed by atoms with Crippen molar-refractivity contribution in [1.29, 1.82) is 0 Å². The van der Waals surface area contributed by atoms with Crippen LogP contribution in [0.25, 0.3) is 0 Å². The summed E-state index contributed by atoms with van der Waals surface area (Å²) in [6.45, 7) is 27.0. The quantitative estimate of drug-likeness (QED) is 0.118. The Bertz CT molecular complexity index is 1550. The number of aliphatic hydroxyl groups excluding tert-OH is 1. The predicted octanol–water partition coefficient (Wildman–Crippen LogP) is 12.1. The summed E-state index contributed by atoms with van der Waals surface area (Å²) in [5, 5.41) is 11.8. The summed E-state index contributed by atoms with van der Waals surface area (Å²) in [5.41, 5.74) is 3.51. The molecule has 2 aliphatic heterocycles. The third-order valence-corrected chi connectivity index (χ3v) is 20.0. The molecule has 2 aliphatic rings. The lowest BCUT2D eigenvalue weighted by Crippen LogP contribution is -2.49. The van der Waals surface area contributed by atoms with Crippen molar-refractivity contribution in [3.8, 4) is 5.75 Å². The van der Waals surface area contributed by atoms with E-state index in [9.17, 15) is 9.90 Å². The van der Waals surface area contributed by atoms with Crippen molar-refractivity contribution in [2.45, 2.75) is 181 Å². The largest absolute Gasteiger partial charge is 0.497 e. The number of carbonyl (C=O) groups excluding carboxylic acids is 1. The van der Waals surface area contributed by atoms with Crippen LogP contribution in [0.2, 0.25) is 16.6 Å². The average molecular weight is 883 g/mol. The Morgan fingerprint density at radius 2 is 1.48 bits per heavy atom. The molecule has 2 bridgehead atoms. The van der Waals surface area contributed by atoms with E-state index < -0.39 is 32.8 Å². The van der Waals surface area contributed by atoms with Crippen molar-refractivity contribution in [3.05, 3.63) is 77.9 Å². The van der Waals surface area contributed by atoms with Gasteiger partial charge in [0.25, 0.3) is 0 Å². The van der Waals surface area contributed by atoms with Crippen LogP contribution < -0.4 is 4.74 Å². The lowest BCUT2D eigenvalue weighted by atomic mass is 9.83.